The number of hydrogen-bond donors (Lipinski definition) is 1. The predicted octanol–water partition coefficient (Wildman–Crippen LogP) is 0.457. The Hall–Kier alpha value is -1.27. The van der Waals surface area contributed by atoms with Gasteiger partial charge in [0.1, 0.15) is 0 Å². The van der Waals surface area contributed by atoms with Gasteiger partial charge in [-0.1, -0.05) is 29.7 Å². The summed E-state index contributed by atoms with van der Waals surface area (Å²) in [5.41, 5.74) is 1.40. The van der Waals surface area contributed by atoms with Crippen molar-refractivity contribution in [2.45, 2.75) is 19.3 Å². The molecule has 0 fully saturated rings. The lowest BCUT2D eigenvalue weighted by Gasteiger charge is -2.15. The highest BCUT2D eigenvalue weighted by Crippen LogP contribution is 2.20. The normalized spacial score (nSPS) is 10.6. The van der Waals surface area contributed by atoms with Crippen LogP contribution < -0.4 is 5.46 Å². The van der Waals surface area contributed by atoms with Gasteiger partial charge in [-0.05, 0) is 19.4 Å². The molecule has 0 unspecified atom stereocenters. The molecule has 0 aromatic heterocycles. The molecule has 13 heavy (non-hydrogen) atoms. The summed E-state index contributed by atoms with van der Waals surface area (Å²) in [5.74, 6) is 0. The first-order chi connectivity index (χ1) is 6.10. The Morgan fingerprint density at radius 1 is 1.31 bits per heavy atom. The van der Waals surface area contributed by atoms with Crippen LogP contribution in [0.4, 0.5) is 0 Å². The van der Waals surface area contributed by atoms with Crippen molar-refractivity contribution in [3.63, 3.8) is 0 Å². The molecule has 66 valence electrons. The average molecular weight is 173 g/mol. The summed E-state index contributed by atoms with van der Waals surface area (Å²) in [7, 11) is 0.0489. The molecule has 3 heteroatoms. The highest BCUT2D eigenvalue weighted by atomic mass is 16.2. The van der Waals surface area contributed by atoms with Gasteiger partial charge in [0.25, 0.3) is 0 Å². The van der Waals surface area contributed by atoms with Gasteiger partial charge < -0.3 is 5.02 Å². The molecular formula is C10H12BNO. The van der Waals surface area contributed by atoms with E-state index in [-0.39, 0.29) is 7.48 Å². The third-order valence-electron chi connectivity index (χ3n) is 2.14. The second-order valence-electron chi connectivity index (χ2n) is 3.59. The smallest absolute Gasteiger partial charge is 0.304 e. The molecule has 0 heterocycles. The summed E-state index contributed by atoms with van der Waals surface area (Å²) < 4.78 is 0. The maximum Gasteiger partial charge on any atom is 0.304 e. The predicted molar refractivity (Wildman–Crippen MR) is 54.1 cm³/mol. The number of hydrogen-bond acceptors (Lipinski definition) is 2. The number of rotatable bonds is 2. The Bertz CT molecular complexity index is 324. The molecule has 0 radical (unpaired) electrons. The van der Waals surface area contributed by atoms with Gasteiger partial charge in [-0.2, -0.15) is 5.26 Å². The zero-order valence-electron chi connectivity index (χ0n) is 7.91. The Kier molecular flexibility index (Phi) is 2.74. The molecule has 2 nitrogen and oxygen atoms in total. The van der Waals surface area contributed by atoms with Crippen molar-refractivity contribution in [2.24, 2.45) is 0 Å². The molecule has 0 saturated heterocycles. The SMILES string of the molecule is CC(C)(C#N)c1ccc(BO)cc1. The summed E-state index contributed by atoms with van der Waals surface area (Å²) in [6, 6.07) is 9.68. The van der Waals surface area contributed by atoms with Crippen molar-refractivity contribution in [3.05, 3.63) is 29.8 Å². The van der Waals surface area contributed by atoms with Crippen molar-refractivity contribution in [3.8, 4) is 6.07 Å². The van der Waals surface area contributed by atoms with E-state index in [0.717, 1.165) is 11.0 Å². The first kappa shape index (κ1) is 9.82. The topological polar surface area (TPSA) is 44.0 Å². The summed E-state index contributed by atoms with van der Waals surface area (Å²) in [6.45, 7) is 3.75. The minimum absolute atomic E-state index is 0.0489. The standard InChI is InChI=1S/C10H12BNO/c1-10(2,7-12)8-3-5-9(11-13)6-4-8/h3-6,11,13H,1-2H3. The number of nitrogens with zero attached hydrogens (tertiary/aromatic N) is 1. The van der Waals surface area contributed by atoms with E-state index in [4.69, 9.17) is 10.3 Å². The first-order valence-corrected chi connectivity index (χ1v) is 4.21. The maximum absolute atomic E-state index is 8.87. The van der Waals surface area contributed by atoms with Gasteiger partial charge in [-0.25, -0.2) is 0 Å². The summed E-state index contributed by atoms with van der Waals surface area (Å²) in [6.07, 6.45) is 0. The fourth-order valence-electron chi connectivity index (χ4n) is 1.09. The van der Waals surface area contributed by atoms with E-state index in [1.165, 1.54) is 0 Å². The molecule has 1 rings (SSSR count). The minimum atomic E-state index is -0.450. The quantitative estimate of drug-likeness (QED) is 0.660. The zero-order valence-corrected chi connectivity index (χ0v) is 7.91. The van der Waals surface area contributed by atoms with Crippen LogP contribution in [0.1, 0.15) is 19.4 Å². The van der Waals surface area contributed by atoms with Crippen molar-refractivity contribution in [2.75, 3.05) is 0 Å². The maximum atomic E-state index is 8.87. The van der Waals surface area contributed by atoms with Crippen LogP contribution in [0, 0.1) is 11.3 Å². The lowest BCUT2D eigenvalue weighted by atomic mass is 9.82. The van der Waals surface area contributed by atoms with Gasteiger partial charge >= 0.3 is 7.48 Å². The van der Waals surface area contributed by atoms with Crippen LogP contribution in [0.2, 0.25) is 0 Å². The van der Waals surface area contributed by atoms with E-state index < -0.39 is 5.41 Å². The monoisotopic (exact) mass is 173 g/mol. The van der Waals surface area contributed by atoms with Crippen LogP contribution in [0.5, 0.6) is 0 Å². The van der Waals surface area contributed by atoms with Crippen LogP contribution in [0.3, 0.4) is 0 Å². The van der Waals surface area contributed by atoms with E-state index in [0.29, 0.717) is 0 Å². The van der Waals surface area contributed by atoms with Gasteiger partial charge in [0.15, 0.2) is 0 Å². The van der Waals surface area contributed by atoms with Crippen LogP contribution >= 0.6 is 0 Å². The zero-order chi connectivity index (χ0) is 9.90. The third-order valence-corrected chi connectivity index (χ3v) is 2.14. The van der Waals surface area contributed by atoms with Gasteiger partial charge in [0.05, 0.1) is 11.5 Å². The fraction of sp³-hybridized carbons (Fsp3) is 0.300. The summed E-state index contributed by atoms with van der Waals surface area (Å²) >= 11 is 0. The molecule has 0 atom stereocenters. The van der Waals surface area contributed by atoms with E-state index >= 15 is 0 Å². The van der Waals surface area contributed by atoms with Crippen LogP contribution in [-0.2, 0) is 5.41 Å². The average Bonchev–Trinajstić information content (AvgIpc) is 2.18. The van der Waals surface area contributed by atoms with Crippen molar-refractivity contribution < 1.29 is 5.02 Å². The fourth-order valence-corrected chi connectivity index (χ4v) is 1.09. The first-order valence-electron chi connectivity index (χ1n) is 4.21. The molecule has 1 aromatic rings. The largest absolute Gasteiger partial charge is 0.449 e. The Balaban J connectivity index is 3.00. The molecule has 0 aliphatic carbocycles. The van der Waals surface area contributed by atoms with Gasteiger partial charge in [-0.3, -0.25) is 0 Å². The third kappa shape index (κ3) is 2.10. The Labute approximate surface area is 79.1 Å². The second-order valence-corrected chi connectivity index (χ2v) is 3.59. The van der Waals surface area contributed by atoms with Crippen molar-refractivity contribution >= 4 is 12.9 Å². The summed E-state index contributed by atoms with van der Waals surface area (Å²) in [4.78, 5) is 0. The van der Waals surface area contributed by atoms with Gasteiger partial charge in [0, 0.05) is 0 Å². The molecular weight excluding hydrogens is 161 g/mol. The lowest BCUT2D eigenvalue weighted by Crippen LogP contribution is -2.17. The molecule has 0 amide bonds. The minimum Gasteiger partial charge on any atom is -0.449 e. The van der Waals surface area contributed by atoms with E-state index in [1.54, 1.807) is 0 Å². The highest BCUT2D eigenvalue weighted by Gasteiger charge is 2.18. The number of nitriles is 1. The van der Waals surface area contributed by atoms with Gasteiger partial charge in [-0.15, -0.1) is 0 Å². The van der Waals surface area contributed by atoms with Crippen LogP contribution in [0.25, 0.3) is 0 Å². The molecule has 0 aliphatic rings. The van der Waals surface area contributed by atoms with E-state index in [9.17, 15) is 0 Å². The van der Waals surface area contributed by atoms with Crippen LogP contribution in [0.15, 0.2) is 24.3 Å². The molecule has 0 bridgehead atoms. The van der Waals surface area contributed by atoms with E-state index in [1.807, 2.05) is 38.1 Å². The molecule has 0 saturated carbocycles. The molecule has 0 spiro atoms. The highest BCUT2D eigenvalue weighted by molar-refractivity contribution is 6.45. The van der Waals surface area contributed by atoms with Crippen molar-refractivity contribution in [1.29, 1.82) is 5.26 Å². The number of benzene rings is 1. The molecule has 0 aliphatic heterocycles. The Morgan fingerprint density at radius 2 is 1.85 bits per heavy atom. The van der Waals surface area contributed by atoms with Crippen molar-refractivity contribution in [1.82, 2.24) is 0 Å². The molecule has 1 aromatic carbocycles. The van der Waals surface area contributed by atoms with Crippen LogP contribution in [-0.4, -0.2) is 12.5 Å². The van der Waals surface area contributed by atoms with Gasteiger partial charge in [0.2, 0.25) is 0 Å². The van der Waals surface area contributed by atoms with E-state index in [2.05, 4.69) is 6.07 Å². The summed E-state index contributed by atoms with van der Waals surface area (Å²) in [5, 5.41) is 17.7. The lowest BCUT2D eigenvalue weighted by molar-refractivity contribution is 0.615. The molecule has 1 N–H and O–H groups in total. The second kappa shape index (κ2) is 3.63. The Morgan fingerprint density at radius 3 is 2.23 bits per heavy atom.